The number of aryl methyl sites for hydroxylation is 1. The number of carbonyl (C=O) groups excluding carboxylic acids is 7. The number of nitrogens with zero attached hydrogens (tertiary/aromatic N) is 6. The largest absolute Gasteiger partial charge is 0.489 e. The summed E-state index contributed by atoms with van der Waals surface area (Å²) in [6.07, 6.45) is 0.244. The first-order valence-corrected chi connectivity index (χ1v) is 28.7. The van der Waals surface area contributed by atoms with E-state index in [2.05, 4.69) is 15.3 Å². The molecule has 460 valence electrons. The van der Waals surface area contributed by atoms with Crippen molar-refractivity contribution in [2.45, 2.75) is 169 Å². The van der Waals surface area contributed by atoms with E-state index in [0.29, 0.717) is 18.8 Å². The number of nitrogens with one attached hydrogen (secondary N) is 1. The molecule has 0 unspecified atom stereocenters. The van der Waals surface area contributed by atoms with E-state index >= 15 is 4.79 Å². The summed E-state index contributed by atoms with van der Waals surface area (Å²) in [7, 11) is 0. The molecule has 5 rings (SSSR count). The lowest BCUT2D eigenvalue weighted by molar-refractivity contribution is -0.140. The molecule has 4 aromatic rings. The van der Waals surface area contributed by atoms with Gasteiger partial charge < -0.3 is 50.3 Å². The van der Waals surface area contributed by atoms with Gasteiger partial charge in [0.2, 0.25) is 29.6 Å². The molecule has 0 spiro atoms. The van der Waals surface area contributed by atoms with Gasteiger partial charge in [-0.2, -0.15) is 0 Å². The van der Waals surface area contributed by atoms with Crippen LogP contribution in [0.2, 0.25) is 0 Å². The molecule has 0 saturated carbocycles. The molecular weight excluding hydrogens is 1090 g/mol. The molecule has 0 bridgehead atoms. The highest BCUT2D eigenvalue weighted by atomic mass is 16.6. The van der Waals surface area contributed by atoms with Crippen molar-refractivity contribution in [2.24, 2.45) is 21.5 Å². The molecule has 85 heavy (non-hydrogen) atoms. The van der Waals surface area contributed by atoms with E-state index in [1.54, 1.807) is 100 Å². The lowest BCUT2D eigenvalue weighted by atomic mass is 10.0. The Balaban J connectivity index is 1.52. The van der Waals surface area contributed by atoms with Gasteiger partial charge in [0.25, 0.3) is 0 Å². The minimum atomic E-state index is -1.19. The number of fused-ring (bicyclic) bond motifs is 1. The molecule has 0 radical (unpaired) electrons. The molecule has 7 amide bonds. The summed E-state index contributed by atoms with van der Waals surface area (Å²) >= 11 is 0. The van der Waals surface area contributed by atoms with Crippen molar-refractivity contribution in [3.63, 3.8) is 0 Å². The van der Waals surface area contributed by atoms with Crippen molar-refractivity contribution in [1.29, 1.82) is 0 Å². The molecule has 0 aliphatic carbocycles. The van der Waals surface area contributed by atoms with Crippen LogP contribution in [0.3, 0.4) is 0 Å². The number of aliphatic imine (C=N–C) groups is 2. The molecule has 1 aliphatic heterocycles. The van der Waals surface area contributed by atoms with Crippen molar-refractivity contribution >= 4 is 64.8 Å². The van der Waals surface area contributed by atoms with Gasteiger partial charge in [-0.15, -0.1) is 9.98 Å². The minimum Gasteiger partial charge on any atom is -0.489 e. The van der Waals surface area contributed by atoms with Crippen LogP contribution in [0, 0.1) is 0 Å². The molecule has 0 fully saturated rings. The van der Waals surface area contributed by atoms with E-state index < -0.39 is 76.7 Å². The van der Waals surface area contributed by atoms with Gasteiger partial charge in [0.05, 0.1) is 6.42 Å². The van der Waals surface area contributed by atoms with Crippen LogP contribution in [0.15, 0.2) is 119 Å². The number of guanidine groups is 2. The van der Waals surface area contributed by atoms with Crippen LogP contribution in [0.1, 0.15) is 132 Å². The van der Waals surface area contributed by atoms with Gasteiger partial charge in [0, 0.05) is 45.2 Å². The van der Waals surface area contributed by atoms with E-state index in [1.807, 2.05) is 97.1 Å². The van der Waals surface area contributed by atoms with Gasteiger partial charge in [-0.1, -0.05) is 97.1 Å². The lowest BCUT2D eigenvalue weighted by Gasteiger charge is -2.33. The van der Waals surface area contributed by atoms with E-state index in [9.17, 15) is 28.8 Å². The highest BCUT2D eigenvalue weighted by molar-refractivity contribution is 5.99. The molecule has 1 heterocycles. The highest BCUT2D eigenvalue weighted by Crippen LogP contribution is 2.22. The third-order valence-corrected chi connectivity index (χ3v) is 12.7. The summed E-state index contributed by atoms with van der Waals surface area (Å²) in [6.45, 7) is 20.0. The third-order valence-electron chi connectivity index (χ3n) is 12.7. The Morgan fingerprint density at radius 2 is 1.09 bits per heavy atom. The Morgan fingerprint density at radius 1 is 0.588 bits per heavy atom. The van der Waals surface area contributed by atoms with Gasteiger partial charge in [0.15, 0.2) is 0 Å². The van der Waals surface area contributed by atoms with Crippen molar-refractivity contribution < 1.29 is 57.2 Å². The van der Waals surface area contributed by atoms with E-state index in [0.717, 1.165) is 37.3 Å². The Labute approximate surface area is 500 Å². The van der Waals surface area contributed by atoms with Gasteiger partial charge in [0.1, 0.15) is 40.8 Å². The summed E-state index contributed by atoms with van der Waals surface area (Å²) in [4.78, 5) is 111. The van der Waals surface area contributed by atoms with Gasteiger partial charge in [-0.25, -0.2) is 29.0 Å². The topological polar surface area (TPSA) is 267 Å². The van der Waals surface area contributed by atoms with Gasteiger partial charge >= 0.3 is 24.4 Å². The molecule has 21 nitrogen and oxygen atoms in total. The fourth-order valence-electron chi connectivity index (χ4n) is 8.84. The molecule has 1 aliphatic rings. The maximum Gasteiger partial charge on any atom is 0.437 e. The lowest BCUT2D eigenvalue weighted by Crippen LogP contribution is -2.54. The summed E-state index contributed by atoms with van der Waals surface area (Å²) in [6, 6.07) is 28.9. The van der Waals surface area contributed by atoms with Crippen LogP contribution < -0.4 is 21.5 Å². The Hall–Kier alpha value is -8.49. The minimum absolute atomic E-state index is 0.00602. The Kier molecular flexibility index (Phi) is 24.0. The highest BCUT2D eigenvalue weighted by Gasteiger charge is 2.34. The van der Waals surface area contributed by atoms with E-state index in [4.69, 9.17) is 35.2 Å². The normalized spacial score (nSPS) is 16.1. The second-order valence-corrected chi connectivity index (χ2v) is 24.8. The number of amides is 7. The number of hydrogen-bond donors (Lipinski definition) is 3. The molecule has 21 heteroatoms. The summed E-state index contributed by atoms with van der Waals surface area (Å²) in [5.41, 5.74) is 11.5. The second kappa shape index (κ2) is 30.4. The maximum absolute atomic E-state index is 15.3. The zero-order valence-corrected chi connectivity index (χ0v) is 51.5. The predicted molar refractivity (Wildman–Crippen MR) is 326 cm³/mol. The van der Waals surface area contributed by atoms with Crippen molar-refractivity contribution in [3.05, 3.63) is 126 Å². The van der Waals surface area contributed by atoms with Gasteiger partial charge in [-0.3, -0.25) is 14.4 Å². The smallest absolute Gasteiger partial charge is 0.437 e. The van der Waals surface area contributed by atoms with Crippen molar-refractivity contribution in [1.82, 2.24) is 24.9 Å². The zero-order chi connectivity index (χ0) is 62.7. The van der Waals surface area contributed by atoms with Crippen LogP contribution in [0.4, 0.5) is 19.2 Å². The van der Waals surface area contributed by atoms with E-state index in [1.165, 1.54) is 4.90 Å². The molecule has 0 saturated heterocycles. The van der Waals surface area contributed by atoms with Crippen molar-refractivity contribution in [3.8, 4) is 5.75 Å². The predicted octanol–water partition coefficient (Wildman–Crippen LogP) is 10.2. The first kappa shape index (κ1) is 67.3. The summed E-state index contributed by atoms with van der Waals surface area (Å²) in [5.74, 6) is -1.52. The quantitative estimate of drug-likeness (QED) is 0.0408. The third kappa shape index (κ3) is 24.0. The molecule has 4 aromatic carbocycles. The number of benzene rings is 4. The first-order chi connectivity index (χ1) is 39.8. The fourth-order valence-corrected chi connectivity index (χ4v) is 8.84. The summed E-state index contributed by atoms with van der Waals surface area (Å²) < 4.78 is 28.1. The number of hydrogen-bond acceptors (Lipinski definition) is 12. The number of nitrogens with two attached hydrogens (primary N) is 2. The Bertz CT molecular complexity index is 3030. The molecule has 0 aromatic heterocycles. The van der Waals surface area contributed by atoms with Gasteiger partial charge in [-0.05, 0) is 155 Å². The maximum atomic E-state index is 15.3. The molecule has 2 atom stereocenters. The average Bonchev–Trinajstić information content (AvgIpc) is 3.64. The summed E-state index contributed by atoms with van der Waals surface area (Å²) in [5, 5.41) is 5.14. The molecule has 5 N–H and O–H groups in total. The number of carbonyl (C=O) groups is 7. The van der Waals surface area contributed by atoms with Crippen molar-refractivity contribution in [2.75, 3.05) is 32.7 Å². The Morgan fingerprint density at radius 3 is 1.65 bits per heavy atom. The number of ether oxygens (including phenoxy) is 5. The first-order valence-electron chi connectivity index (χ1n) is 28.7. The standard InChI is InChI=1S/C64H87N9O12/c1-61(2,3)82-57(77)68-55(65)72(59(79)84-63(7,8)9)38-20-26-49-42-70(53(75)41-46-28-32-47-24-16-17-25-48(47)40-46)36-18-19-37-71(52(74)35-31-44-29-33-50(34-30-44)81-43-45-22-14-13-15-23-45)51(54(76)67-49)27-21-39-73(60(80)85-64(10,11)12)56(66)69-58(78)83-62(4,5)6/h13-19,22-25,28-30,32-34,40,49,51H,20-21,26-27,31,35-39,41-43H2,1-12H3,(H,67,76)(H2,65,68,77)(H2,66,69,78)/b19-18+/t49-,51-/m0/s1. The number of rotatable bonds is 16. The van der Waals surface area contributed by atoms with Crippen LogP contribution in [-0.4, -0.2) is 141 Å². The average molecular weight is 1170 g/mol. The SMILES string of the molecule is CC(C)(C)OC(=O)/N=C(\N)N(CCC[C@H]1CN(C(=O)Cc2ccc3ccccc3c2)C/C=C/CN(C(=O)CCc2ccc(OCc3ccccc3)cc2)[C@@H](CCCN(C(=O)OC(C)(C)C)/C(N)=N/C(=O)OC(C)(C)C)C(=O)N1)C(=O)OC(C)(C)C. The zero-order valence-electron chi connectivity index (χ0n) is 51.5. The van der Waals surface area contributed by atoms with Crippen LogP contribution in [0.25, 0.3) is 10.8 Å². The van der Waals surface area contributed by atoms with Crippen LogP contribution >= 0.6 is 0 Å². The van der Waals surface area contributed by atoms with Crippen LogP contribution in [0.5, 0.6) is 5.75 Å². The van der Waals surface area contributed by atoms with E-state index in [-0.39, 0.29) is 83.1 Å². The fraction of sp³-hybridized carbons (Fsp3) is 0.484. The van der Waals surface area contributed by atoms with Crippen LogP contribution in [-0.2, 0) is 52.8 Å². The molecular formula is C64H87N9O12. The second-order valence-electron chi connectivity index (χ2n) is 24.8. The monoisotopic (exact) mass is 1170 g/mol.